The van der Waals surface area contributed by atoms with Gasteiger partial charge in [0.25, 0.3) is 0 Å². The predicted molar refractivity (Wildman–Crippen MR) is 96.9 cm³/mol. The minimum Gasteiger partial charge on any atom is -0.324 e. The van der Waals surface area contributed by atoms with Crippen LogP contribution in [0.15, 0.2) is 60.8 Å². The molecule has 1 aromatic heterocycles. The minimum absolute atomic E-state index is 0.555. The van der Waals surface area contributed by atoms with Crippen molar-refractivity contribution in [2.24, 2.45) is 0 Å². The molecule has 0 aliphatic heterocycles. The quantitative estimate of drug-likeness (QED) is 0.703. The van der Waals surface area contributed by atoms with E-state index in [0.717, 1.165) is 11.4 Å². The van der Waals surface area contributed by atoms with Gasteiger partial charge in [-0.2, -0.15) is 0 Å². The maximum Gasteiger partial charge on any atom is 0.227 e. The van der Waals surface area contributed by atoms with Crippen LogP contribution in [-0.2, 0) is 0 Å². The summed E-state index contributed by atoms with van der Waals surface area (Å²) in [5, 5.41) is 3.87. The lowest BCUT2D eigenvalue weighted by Crippen LogP contribution is -1.97. The third-order valence-corrected chi connectivity index (χ3v) is 3.65. The summed E-state index contributed by atoms with van der Waals surface area (Å²) in [4.78, 5) is 8.73. The Balaban J connectivity index is 1.77. The Hall–Kier alpha value is -2.65. The van der Waals surface area contributed by atoms with Crippen molar-refractivity contribution in [2.75, 3.05) is 5.32 Å². The highest BCUT2D eigenvalue weighted by Gasteiger charge is 1.99. The smallest absolute Gasteiger partial charge is 0.227 e. The third kappa shape index (κ3) is 4.18. The van der Waals surface area contributed by atoms with Crippen molar-refractivity contribution < 1.29 is 0 Å². The Morgan fingerprint density at radius 2 is 1.74 bits per heavy atom. The molecule has 114 valence electrons. The van der Waals surface area contributed by atoms with Crippen LogP contribution in [0.25, 0.3) is 12.2 Å². The van der Waals surface area contributed by atoms with Gasteiger partial charge in [-0.3, -0.25) is 0 Å². The first-order chi connectivity index (χ1) is 11.2. The maximum atomic E-state index is 5.88. The Bertz CT molecular complexity index is 826. The molecular formula is C19H16ClN3. The van der Waals surface area contributed by atoms with Crippen LogP contribution in [0.3, 0.4) is 0 Å². The maximum absolute atomic E-state index is 5.88. The van der Waals surface area contributed by atoms with Gasteiger partial charge in [0.05, 0.1) is 5.69 Å². The van der Waals surface area contributed by atoms with Crippen LogP contribution in [0.5, 0.6) is 0 Å². The van der Waals surface area contributed by atoms with Crippen LogP contribution in [-0.4, -0.2) is 9.97 Å². The zero-order chi connectivity index (χ0) is 16.1. The molecule has 2 aromatic carbocycles. The molecule has 0 radical (unpaired) electrons. The molecule has 3 rings (SSSR count). The summed E-state index contributed by atoms with van der Waals surface area (Å²) in [6, 6.07) is 17.5. The fraction of sp³-hybridized carbons (Fsp3) is 0.0526. The van der Waals surface area contributed by atoms with Gasteiger partial charge in [-0.25, -0.2) is 9.97 Å². The SMILES string of the molecule is Cc1ccccc1/C=C/c1ccnc(Nc2ccc(Cl)cc2)n1. The summed E-state index contributed by atoms with van der Waals surface area (Å²) in [5.74, 6) is 0.555. The summed E-state index contributed by atoms with van der Waals surface area (Å²) >= 11 is 5.88. The number of rotatable bonds is 4. The van der Waals surface area contributed by atoms with E-state index in [1.807, 2.05) is 48.5 Å². The summed E-state index contributed by atoms with van der Waals surface area (Å²) in [7, 11) is 0. The van der Waals surface area contributed by atoms with Crippen LogP contribution in [0.1, 0.15) is 16.8 Å². The standard InChI is InChI=1S/C19H16ClN3/c1-14-4-2-3-5-15(14)6-9-18-12-13-21-19(23-18)22-17-10-7-16(20)8-11-17/h2-13H,1H3,(H,21,22,23)/b9-6+. The average Bonchev–Trinajstić information content (AvgIpc) is 2.57. The zero-order valence-electron chi connectivity index (χ0n) is 12.7. The van der Waals surface area contributed by atoms with E-state index in [9.17, 15) is 0 Å². The molecule has 0 aliphatic carbocycles. The Morgan fingerprint density at radius 3 is 2.52 bits per heavy atom. The van der Waals surface area contributed by atoms with Crippen LogP contribution in [0.2, 0.25) is 5.02 Å². The second-order valence-electron chi connectivity index (χ2n) is 5.13. The number of aromatic nitrogens is 2. The molecule has 0 saturated carbocycles. The van der Waals surface area contributed by atoms with Gasteiger partial charge in [0.2, 0.25) is 5.95 Å². The van der Waals surface area contributed by atoms with Crippen molar-refractivity contribution >= 4 is 35.4 Å². The van der Waals surface area contributed by atoms with Crippen LogP contribution in [0.4, 0.5) is 11.6 Å². The van der Waals surface area contributed by atoms with Gasteiger partial charge in [0.15, 0.2) is 0 Å². The van der Waals surface area contributed by atoms with Crippen molar-refractivity contribution in [3.63, 3.8) is 0 Å². The lowest BCUT2D eigenvalue weighted by Gasteiger charge is -2.05. The summed E-state index contributed by atoms with van der Waals surface area (Å²) in [6.45, 7) is 2.09. The second-order valence-corrected chi connectivity index (χ2v) is 5.56. The molecular weight excluding hydrogens is 306 g/mol. The molecule has 4 heteroatoms. The van der Waals surface area contributed by atoms with Gasteiger partial charge in [-0.05, 0) is 54.5 Å². The van der Waals surface area contributed by atoms with Gasteiger partial charge < -0.3 is 5.32 Å². The number of nitrogens with one attached hydrogen (secondary N) is 1. The molecule has 0 saturated heterocycles. The first-order valence-corrected chi connectivity index (χ1v) is 7.68. The molecule has 0 amide bonds. The Morgan fingerprint density at radius 1 is 0.957 bits per heavy atom. The lowest BCUT2D eigenvalue weighted by molar-refractivity contribution is 1.15. The monoisotopic (exact) mass is 321 g/mol. The van der Waals surface area contributed by atoms with Crippen LogP contribution < -0.4 is 5.32 Å². The number of aryl methyl sites for hydroxylation is 1. The lowest BCUT2D eigenvalue weighted by atomic mass is 10.1. The van der Waals surface area contributed by atoms with E-state index in [-0.39, 0.29) is 0 Å². The van der Waals surface area contributed by atoms with E-state index in [0.29, 0.717) is 11.0 Å². The molecule has 23 heavy (non-hydrogen) atoms. The number of halogens is 1. The normalized spacial score (nSPS) is 10.9. The molecule has 0 spiro atoms. The Kier molecular flexibility index (Phi) is 4.69. The number of hydrogen-bond donors (Lipinski definition) is 1. The molecule has 0 atom stereocenters. The van der Waals surface area contributed by atoms with E-state index >= 15 is 0 Å². The van der Waals surface area contributed by atoms with Gasteiger partial charge in [0, 0.05) is 16.9 Å². The molecule has 1 heterocycles. The molecule has 0 bridgehead atoms. The fourth-order valence-electron chi connectivity index (χ4n) is 2.14. The summed E-state index contributed by atoms with van der Waals surface area (Å²) in [5.41, 5.74) is 4.16. The van der Waals surface area contributed by atoms with E-state index in [1.54, 1.807) is 6.20 Å². The Labute approximate surface area is 140 Å². The largest absolute Gasteiger partial charge is 0.324 e. The van der Waals surface area contributed by atoms with E-state index in [1.165, 1.54) is 11.1 Å². The van der Waals surface area contributed by atoms with Crippen LogP contribution >= 0.6 is 11.6 Å². The van der Waals surface area contributed by atoms with Crippen LogP contribution in [0, 0.1) is 6.92 Å². The number of benzene rings is 2. The third-order valence-electron chi connectivity index (χ3n) is 3.40. The summed E-state index contributed by atoms with van der Waals surface area (Å²) < 4.78 is 0. The first-order valence-electron chi connectivity index (χ1n) is 7.30. The summed E-state index contributed by atoms with van der Waals surface area (Å²) in [6.07, 6.45) is 5.78. The molecule has 3 nitrogen and oxygen atoms in total. The molecule has 0 aliphatic rings. The average molecular weight is 322 g/mol. The highest BCUT2D eigenvalue weighted by molar-refractivity contribution is 6.30. The molecule has 1 N–H and O–H groups in total. The highest BCUT2D eigenvalue weighted by Crippen LogP contribution is 2.17. The van der Waals surface area contributed by atoms with Gasteiger partial charge in [0.1, 0.15) is 0 Å². The van der Waals surface area contributed by atoms with E-state index in [2.05, 4.69) is 40.4 Å². The van der Waals surface area contributed by atoms with Gasteiger partial charge in [-0.1, -0.05) is 41.9 Å². The van der Waals surface area contributed by atoms with Crippen molar-refractivity contribution in [3.8, 4) is 0 Å². The van der Waals surface area contributed by atoms with Gasteiger partial charge in [-0.15, -0.1) is 0 Å². The zero-order valence-corrected chi connectivity index (χ0v) is 13.5. The molecule has 0 unspecified atom stereocenters. The number of hydrogen-bond acceptors (Lipinski definition) is 3. The molecule has 0 fully saturated rings. The number of anilines is 2. The van der Waals surface area contributed by atoms with Gasteiger partial charge >= 0.3 is 0 Å². The fourth-order valence-corrected chi connectivity index (χ4v) is 2.26. The van der Waals surface area contributed by atoms with Crippen molar-refractivity contribution in [3.05, 3.63) is 82.6 Å². The van der Waals surface area contributed by atoms with E-state index in [4.69, 9.17) is 11.6 Å². The van der Waals surface area contributed by atoms with E-state index < -0.39 is 0 Å². The second kappa shape index (κ2) is 7.07. The van der Waals surface area contributed by atoms with Crippen molar-refractivity contribution in [2.45, 2.75) is 6.92 Å². The topological polar surface area (TPSA) is 37.8 Å². The van der Waals surface area contributed by atoms with Crippen molar-refractivity contribution in [1.82, 2.24) is 9.97 Å². The first kappa shape index (κ1) is 15.3. The molecule has 3 aromatic rings. The number of nitrogens with zero attached hydrogens (tertiary/aromatic N) is 2. The predicted octanol–water partition coefficient (Wildman–Crippen LogP) is 5.35. The minimum atomic E-state index is 0.555. The van der Waals surface area contributed by atoms with Crippen molar-refractivity contribution in [1.29, 1.82) is 0 Å². The highest BCUT2D eigenvalue weighted by atomic mass is 35.5.